The van der Waals surface area contributed by atoms with Gasteiger partial charge in [0.15, 0.2) is 9.84 Å². The third kappa shape index (κ3) is 3.99. The Morgan fingerprint density at radius 3 is 2.28 bits per heavy atom. The van der Waals surface area contributed by atoms with Crippen LogP contribution in [0.25, 0.3) is 0 Å². The van der Waals surface area contributed by atoms with Gasteiger partial charge in [-0.15, -0.1) is 0 Å². The van der Waals surface area contributed by atoms with Gasteiger partial charge in [-0.3, -0.25) is 0 Å². The number of anilines is 1. The third-order valence-electron chi connectivity index (χ3n) is 2.83. The van der Waals surface area contributed by atoms with E-state index in [9.17, 15) is 8.42 Å². The topological polar surface area (TPSA) is 72.2 Å². The van der Waals surface area contributed by atoms with Crippen molar-refractivity contribution in [2.24, 2.45) is 5.73 Å². The Kier molecular flexibility index (Phi) is 5.62. The Balaban J connectivity index is 2.80. The van der Waals surface area contributed by atoms with Crippen molar-refractivity contribution in [1.82, 2.24) is 0 Å². The van der Waals surface area contributed by atoms with Gasteiger partial charge in [-0.25, -0.2) is 8.42 Å². The van der Waals surface area contributed by atoms with Crippen molar-refractivity contribution in [2.45, 2.75) is 37.6 Å². The zero-order valence-corrected chi connectivity index (χ0v) is 11.8. The van der Waals surface area contributed by atoms with Crippen molar-refractivity contribution in [3.05, 3.63) is 24.3 Å². The summed E-state index contributed by atoms with van der Waals surface area (Å²) in [4.78, 5) is 0.385. The van der Waals surface area contributed by atoms with Crippen molar-refractivity contribution in [1.29, 1.82) is 0 Å². The summed E-state index contributed by atoms with van der Waals surface area (Å²) in [7, 11) is -3.12. The van der Waals surface area contributed by atoms with Crippen LogP contribution in [0.1, 0.15) is 26.7 Å². The van der Waals surface area contributed by atoms with Gasteiger partial charge in [0.25, 0.3) is 0 Å². The standard InChI is InChI=1S/C13H22N2O2S/c1-3-9-18(16,17)13-7-5-12(6-8-13)15-11(4-2)10-14/h5-8,11,15H,3-4,9-10,14H2,1-2H3. The fourth-order valence-electron chi connectivity index (χ4n) is 1.71. The first kappa shape index (κ1) is 15.0. The van der Waals surface area contributed by atoms with Gasteiger partial charge < -0.3 is 11.1 Å². The molecule has 1 rings (SSSR count). The van der Waals surface area contributed by atoms with Gasteiger partial charge in [-0.2, -0.15) is 0 Å². The number of nitrogens with two attached hydrogens (primary N) is 1. The highest BCUT2D eigenvalue weighted by molar-refractivity contribution is 7.91. The van der Waals surface area contributed by atoms with Crippen molar-refractivity contribution < 1.29 is 8.42 Å². The molecule has 5 heteroatoms. The van der Waals surface area contributed by atoms with Crippen LogP contribution in [0.5, 0.6) is 0 Å². The quantitative estimate of drug-likeness (QED) is 0.795. The van der Waals surface area contributed by atoms with Crippen molar-refractivity contribution in [3.8, 4) is 0 Å². The van der Waals surface area contributed by atoms with E-state index in [1.54, 1.807) is 24.3 Å². The molecule has 1 unspecified atom stereocenters. The molecule has 102 valence electrons. The molecule has 0 aliphatic heterocycles. The molecule has 0 saturated heterocycles. The van der Waals surface area contributed by atoms with Gasteiger partial charge in [-0.05, 0) is 37.1 Å². The highest BCUT2D eigenvalue weighted by atomic mass is 32.2. The van der Waals surface area contributed by atoms with Crippen LogP contribution in [-0.2, 0) is 9.84 Å². The van der Waals surface area contributed by atoms with E-state index < -0.39 is 9.84 Å². The van der Waals surface area contributed by atoms with E-state index in [0.717, 1.165) is 12.1 Å². The van der Waals surface area contributed by atoms with Gasteiger partial charge in [0.2, 0.25) is 0 Å². The predicted molar refractivity (Wildman–Crippen MR) is 75.5 cm³/mol. The Labute approximate surface area is 110 Å². The maximum absolute atomic E-state index is 11.8. The third-order valence-corrected chi connectivity index (χ3v) is 4.77. The molecule has 1 aromatic rings. The van der Waals surface area contributed by atoms with E-state index >= 15 is 0 Å². The molecule has 0 heterocycles. The van der Waals surface area contributed by atoms with Crippen LogP contribution in [0.4, 0.5) is 5.69 Å². The van der Waals surface area contributed by atoms with Crippen molar-refractivity contribution in [2.75, 3.05) is 17.6 Å². The summed E-state index contributed by atoms with van der Waals surface area (Å²) in [6.07, 6.45) is 1.57. The largest absolute Gasteiger partial charge is 0.381 e. The first-order valence-electron chi connectivity index (χ1n) is 6.33. The molecule has 4 nitrogen and oxygen atoms in total. The van der Waals surface area contributed by atoms with E-state index in [2.05, 4.69) is 12.2 Å². The van der Waals surface area contributed by atoms with Gasteiger partial charge >= 0.3 is 0 Å². The molecule has 0 fully saturated rings. The molecule has 18 heavy (non-hydrogen) atoms. The summed E-state index contributed by atoms with van der Waals surface area (Å²) in [5, 5.41) is 3.27. The molecule has 0 saturated carbocycles. The second-order valence-electron chi connectivity index (χ2n) is 4.33. The van der Waals surface area contributed by atoms with Gasteiger partial charge in [0.1, 0.15) is 0 Å². The van der Waals surface area contributed by atoms with E-state index in [0.29, 0.717) is 17.9 Å². The lowest BCUT2D eigenvalue weighted by molar-refractivity contribution is 0.594. The van der Waals surface area contributed by atoms with E-state index in [-0.39, 0.29) is 11.8 Å². The molecule has 0 bridgehead atoms. The second-order valence-corrected chi connectivity index (χ2v) is 6.44. The maximum Gasteiger partial charge on any atom is 0.178 e. The molecule has 0 aromatic heterocycles. The fourth-order valence-corrected chi connectivity index (χ4v) is 3.03. The van der Waals surface area contributed by atoms with Crippen LogP contribution in [0.2, 0.25) is 0 Å². The maximum atomic E-state index is 11.8. The molecule has 0 radical (unpaired) electrons. The number of hydrogen-bond donors (Lipinski definition) is 2. The van der Waals surface area contributed by atoms with E-state index in [4.69, 9.17) is 5.73 Å². The summed E-state index contributed by atoms with van der Waals surface area (Å²) in [6.45, 7) is 4.48. The number of sulfone groups is 1. The first-order chi connectivity index (χ1) is 8.53. The van der Waals surface area contributed by atoms with Gasteiger partial charge in [0.05, 0.1) is 10.6 Å². The molecular weight excluding hydrogens is 248 g/mol. The van der Waals surface area contributed by atoms with Crippen LogP contribution in [0.15, 0.2) is 29.2 Å². The normalized spacial score (nSPS) is 13.3. The Hall–Kier alpha value is -1.07. The van der Waals surface area contributed by atoms with E-state index in [1.807, 2.05) is 6.92 Å². The van der Waals surface area contributed by atoms with Gasteiger partial charge in [-0.1, -0.05) is 13.8 Å². The molecular formula is C13H22N2O2S. The minimum absolute atomic E-state index is 0.195. The molecule has 0 aliphatic rings. The monoisotopic (exact) mass is 270 g/mol. The number of nitrogens with one attached hydrogen (secondary N) is 1. The number of benzene rings is 1. The highest BCUT2D eigenvalue weighted by Crippen LogP contribution is 2.17. The summed E-state index contributed by atoms with van der Waals surface area (Å²) in [5.41, 5.74) is 6.52. The molecule has 3 N–H and O–H groups in total. The minimum atomic E-state index is -3.12. The van der Waals surface area contributed by atoms with Gasteiger partial charge in [0, 0.05) is 18.3 Å². The van der Waals surface area contributed by atoms with Crippen LogP contribution in [0, 0.1) is 0 Å². The molecule has 1 aromatic carbocycles. The second kappa shape index (κ2) is 6.75. The Morgan fingerprint density at radius 2 is 1.83 bits per heavy atom. The SMILES string of the molecule is CCCS(=O)(=O)c1ccc(NC(CC)CN)cc1. The first-order valence-corrected chi connectivity index (χ1v) is 7.98. The van der Waals surface area contributed by atoms with Crippen molar-refractivity contribution in [3.63, 3.8) is 0 Å². The molecule has 1 atom stereocenters. The minimum Gasteiger partial charge on any atom is -0.381 e. The predicted octanol–water partition coefficient (Wildman–Crippen LogP) is 2.02. The Morgan fingerprint density at radius 1 is 1.22 bits per heavy atom. The smallest absolute Gasteiger partial charge is 0.178 e. The number of hydrogen-bond acceptors (Lipinski definition) is 4. The van der Waals surface area contributed by atoms with Crippen LogP contribution >= 0.6 is 0 Å². The number of rotatable bonds is 7. The molecule has 0 aliphatic carbocycles. The summed E-state index contributed by atoms with van der Waals surface area (Å²) in [5.74, 6) is 0.195. The summed E-state index contributed by atoms with van der Waals surface area (Å²) < 4.78 is 23.7. The van der Waals surface area contributed by atoms with Crippen LogP contribution in [0.3, 0.4) is 0 Å². The fraction of sp³-hybridized carbons (Fsp3) is 0.538. The zero-order chi connectivity index (χ0) is 13.6. The molecule has 0 amide bonds. The lowest BCUT2D eigenvalue weighted by atomic mass is 10.2. The Bertz CT molecular complexity index is 450. The lowest BCUT2D eigenvalue weighted by Gasteiger charge is -2.16. The lowest BCUT2D eigenvalue weighted by Crippen LogP contribution is -2.27. The average Bonchev–Trinajstić information content (AvgIpc) is 2.36. The van der Waals surface area contributed by atoms with Crippen molar-refractivity contribution >= 4 is 15.5 Å². The van der Waals surface area contributed by atoms with Crippen LogP contribution < -0.4 is 11.1 Å². The summed E-state index contributed by atoms with van der Waals surface area (Å²) in [6, 6.07) is 7.11. The molecule has 0 spiro atoms. The highest BCUT2D eigenvalue weighted by Gasteiger charge is 2.12. The van der Waals surface area contributed by atoms with Crippen LogP contribution in [-0.4, -0.2) is 26.8 Å². The zero-order valence-electron chi connectivity index (χ0n) is 11.0. The average molecular weight is 270 g/mol. The summed E-state index contributed by atoms with van der Waals surface area (Å²) >= 11 is 0. The van der Waals surface area contributed by atoms with E-state index in [1.165, 1.54) is 0 Å².